The van der Waals surface area contributed by atoms with Crippen molar-refractivity contribution in [2.75, 3.05) is 18.1 Å². The SMILES string of the molecule is C#CCOc1c(I)cc(/C=C2/C(=O)NC(=O)N(c3ccccc3CC)C2=O)cc1OCC. The van der Waals surface area contributed by atoms with Gasteiger partial charge in [-0.1, -0.05) is 31.0 Å². The quantitative estimate of drug-likeness (QED) is 0.247. The fraction of sp³-hybridized carbons (Fsp3) is 0.208. The molecule has 2 aromatic rings. The van der Waals surface area contributed by atoms with Crippen molar-refractivity contribution < 1.29 is 23.9 Å². The Morgan fingerprint density at radius 2 is 1.91 bits per heavy atom. The molecule has 32 heavy (non-hydrogen) atoms. The lowest BCUT2D eigenvalue weighted by atomic mass is 10.0. The molecule has 7 nitrogen and oxygen atoms in total. The highest BCUT2D eigenvalue weighted by molar-refractivity contribution is 14.1. The molecule has 2 aromatic carbocycles. The highest BCUT2D eigenvalue weighted by Crippen LogP contribution is 2.35. The highest BCUT2D eigenvalue weighted by atomic mass is 127. The molecule has 0 saturated carbocycles. The summed E-state index contributed by atoms with van der Waals surface area (Å²) in [4.78, 5) is 39.2. The monoisotopic (exact) mass is 544 g/mol. The van der Waals surface area contributed by atoms with E-state index in [1.165, 1.54) is 6.08 Å². The largest absolute Gasteiger partial charge is 0.490 e. The number of imide groups is 2. The smallest absolute Gasteiger partial charge is 0.335 e. The van der Waals surface area contributed by atoms with Gasteiger partial charge in [0, 0.05) is 0 Å². The summed E-state index contributed by atoms with van der Waals surface area (Å²) in [6.45, 7) is 4.22. The van der Waals surface area contributed by atoms with Crippen LogP contribution in [0.3, 0.4) is 0 Å². The zero-order valence-electron chi connectivity index (χ0n) is 17.6. The minimum Gasteiger partial charge on any atom is -0.490 e. The van der Waals surface area contributed by atoms with Crippen molar-refractivity contribution in [3.8, 4) is 23.8 Å². The number of hydrogen-bond donors (Lipinski definition) is 1. The van der Waals surface area contributed by atoms with E-state index in [1.807, 2.05) is 26.0 Å². The molecule has 1 heterocycles. The number of para-hydroxylation sites is 1. The number of aryl methyl sites for hydroxylation is 1. The second-order valence-corrected chi connectivity index (χ2v) is 7.86. The van der Waals surface area contributed by atoms with Crippen LogP contribution in [0, 0.1) is 15.9 Å². The number of ether oxygens (including phenoxy) is 2. The zero-order valence-corrected chi connectivity index (χ0v) is 19.8. The average Bonchev–Trinajstić information content (AvgIpc) is 2.76. The number of carbonyl (C=O) groups excluding carboxylic acids is 3. The van der Waals surface area contributed by atoms with Crippen molar-refractivity contribution >= 4 is 52.2 Å². The van der Waals surface area contributed by atoms with Crippen molar-refractivity contribution in [1.29, 1.82) is 0 Å². The number of nitrogens with zero attached hydrogens (tertiary/aromatic N) is 1. The number of nitrogens with one attached hydrogen (secondary N) is 1. The Hall–Kier alpha value is -3.32. The van der Waals surface area contributed by atoms with Gasteiger partial charge in [-0.3, -0.25) is 14.9 Å². The van der Waals surface area contributed by atoms with Crippen LogP contribution < -0.4 is 19.7 Å². The summed E-state index contributed by atoms with van der Waals surface area (Å²) in [5, 5.41) is 2.25. The molecule has 1 N–H and O–H groups in total. The van der Waals surface area contributed by atoms with Crippen LogP contribution in [-0.4, -0.2) is 31.1 Å². The van der Waals surface area contributed by atoms with Gasteiger partial charge in [-0.25, -0.2) is 9.69 Å². The fourth-order valence-electron chi connectivity index (χ4n) is 3.26. The number of urea groups is 1. The molecule has 1 aliphatic heterocycles. The van der Waals surface area contributed by atoms with E-state index in [9.17, 15) is 14.4 Å². The molecule has 164 valence electrons. The van der Waals surface area contributed by atoms with Gasteiger partial charge in [-0.05, 0) is 71.3 Å². The molecule has 0 aromatic heterocycles. The average molecular weight is 544 g/mol. The third kappa shape index (κ3) is 4.78. The van der Waals surface area contributed by atoms with Crippen molar-refractivity contribution in [3.05, 3.63) is 56.7 Å². The van der Waals surface area contributed by atoms with Crippen molar-refractivity contribution in [2.24, 2.45) is 0 Å². The Kier molecular flexibility index (Phi) is 7.53. The highest BCUT2D eigenvalue weighted by Gasteiger charge is 2.37. The van der Waals surface area contributed by atoms with E-state index in [4.69, 9.17) is 15.9 Å². The van der Waals surface area contributed by atoms with Crippen molar-refractivity contribution in [3.63, 3.8) is 0 Å². The van der Waals surface area contributed by atoms with Crippen LogP contribution in [0.25, 0.3) is 6.08 Å². The Balaban J connectivity index is 2.05. The maximum atomic E-state index is 13.2. The molecule has 0 unspecified atom stereocenters. The van der Waals surface area contributed by atoms with E-state index in [2.05, 4.69) is 33.8 Å². The molecule has 0 bridgehead atoms. The zero-order chi connectivity index (χ0) is 23.3. The first-order valence-electron chi connectivity index (χ1n) is 9.93. The first-order valence-corrected chi connectivity index (χ1v) is 11.0. The second kappa shape index (κ2) is 10.3. The lowest BCUT2D eigenvalue weighted by Gasteiger charge is -2.28. The summed E-state index contributed by atoms with van der Waals surface area (Å²) in [7, 11) is 0. The predicted octanol–water partition coefficient (Wildman–Crippen LogP) is 3.93. The van der Waals surface area contributed by atoms with Crippen LogP contribution in [0.4, 0.5) is 10.5 Å². The molecule has 0 aliphatic carbocycles. The van der Waals surface area contributed by atoms with E-state index in [-0.39, 0.29) is 12.2 Å². The van der Waals surface area contributed by atoms with Gasteiger partial charge in [0.05, 0.1) is 15.9 Å². The lowest BCUT2D eigenvalue weighted by molar-refractivity contribution is -0.122. The van der Waals surface area contributed by atoms with Gasteiger partial charge in [-0.2, -0.15) is 0 Å². The number of amides is 4. The third-order valence-electron chi connectivity index (χ3n) is 4.66. The van der Waals surface area contributed by atoms with E-state index >= 15 is 0 Å². The van der Waals surface area contributed by atoms with E-state index < -0.39 is 17.8 Å². The summed E-state index contributed by atoms with van der Waals surface area (Å²) in [6.07, 6.45) is 7.34. The van der Waals surface area contributed by atoms with Gasteiger partial charge in [-0.15, -0.1) is 6.42 Å². The molecule has 8 heteroatoms. The number of rotatable bonds is 7. The fourth-order valence-corrected chi connectivity index (χ4v) is 4.04. The lowest BCUT2D eigenvalue weighted by Crippen LogP contribution is -2.54. The van der Waals surface area contributed by atoms with Crippen LogP contribution in [-0.2, 0) is 16.0 Å². The number of barbiturate groups is 1. The standard InChI is InChI=1S/C24H21IN2O5/c1-4-11-32-21-18(25)13-15(14-20(21)31-6-3)12-17-22(28)26-24(30)27(23(17)29)19-10-8-7-9-16(19)5-2/h1,7-10,12-14H,5-6,11H2,2-3H3,(H,26,28,30)/b17-12-. The van der Waals surface area contributed by atoms with Gasteiger partial charge in [0.25, 0.3) is 11.8 Å². The van der Waals surface area contributed by atoms with Crippen LogP contribution >= 0.6 is 22.6 Å². The van der Waals surface area contributed by atoms with Gasteiger partial charge in [0.1, 0.15) is 12.2 Å². The molecule has 4 amide bonds. The summed E-state index contributed by atoms with van der Waals surface area (Å²) in [6, 6.07) is 9.70. The van der Waals surface area contributed by atoms with E-state index in [1.54, 1.807) is 24.3 Å². The Bertz CT molecular complexity index is 1150. The summed E-state index contributed by atoms with van der Waals surface area (Å²) in [5.74, 6) is 1.88. The van der Waals surface area contributed by atoms with Crippen molar-refractivity contribution in [2.45, 2.75) is 20.3 Å². The summed E-state index contributed by atoms with van der Waals surface area (Å²) in [5.41, 5.74) is 1.64. The minimum atomic E-state index is -0.777. The van der Waals surface area contributed by atoms with Crippen LogP contribution in [0.15, 0.2) is 42.0 Å². The van der Waals surface area contributed by atoms with E-state index in [0.29, 0.717) is 39.3 Å². The Morgan fingerprint density at radius 1 is 1.16 bits per heavy atom. The number of carbonyl (C=O) groups is 3. The molecule has 0 spiro atoms. The summed E-state index contributed by atoms with van der Waals surface area (Å²) < 4.78 is 11.9. The number of terminal acetylenes is 1. The second-order valence-electron chi connectivity index (χ2n) is 6.70. The minimum absolute atomic E-state index is 0.0747. The van der Waals surface area contributed by atoms with Crippen LogP contribution in [0.5, 0.6) is 11.5 Å². The van der Waals surface area contributed by atoms with Crippen molar-refractivity contribution in [1.82, 2.24) is 5.32 Å². The molecule has 0 atom stereocenters. The molecule has 1 fully saturated rings. The third-order valence-corrected chi connectivity index (χ3v) is 5.46. The molecule has 1 aliphatic rings. The molecular weight excluding hydrogens is 523 g/mol. The first-order chi connectivity index (χ1) is 15.4. The van der Waals surface area contributed by atoms with Gasteiger partial charge in [0.2, 0.25) is 0 Å². The topological polar surface area (TPSA) is 84.9 Å². The number of anilines is 1. The number of halogens is 1. The van der Waals surface area contributed by atoms with Crippen LogP contribution in [0.1, 0.15) is 25.0 Å². The normalized spacial score (nSPS) is 14.9. The molecule has 3 rings (SSSR count). The number of benzene rings is 2. The molecular formula is C24H21IN2O5. The van der Waals surface area contributed by atoms with Crippen LogP contribution in [0.2, 0.25) is 0 Å². The molecule has 1 saturated heterocycles. The van der Waals surface area contributed by atoms with Gasteiger partial charge < -0.3 is 9.47 Å². The molecule has 0 radical (unpaired) electrons. The van der Waals surface area contributed by atoms with Gasteiger partial charge >= 0.3 is 6.03 Å². The Morgan fingerprint density at radius 3 is 2.59 bits per heavy atom. The van der Waals surface area contributed by atoms with E-state index in [0.717, 1.165) is 10.5 Å². The first kappa shape index (κ1) is 23.3. The maximum Gasteiger partial charge on any atom is 0.335 e. The predicted molar refractivity (Wildman–Crippen MR) is 129 cm³/mol. The maximum absolute atomic E-state index is 13.2. The number of hydrogen-bond acceptors (Lipinski definition) is 5. The Labute approximate surface area is 199 Å². The summed E-state index contributed by atoms with van der Waals surface area (Å²) >= 11 is 2.07. The van der Waals surface area contributed by atoms with Gasteiger partial charge in [0.15, 0.2) is 11.5 Å².